The van der Waals surface area contributed by atoms with E-state index in [0.29, 0.717) is 11.7 Å². The zero-order valence-electron chi connectivity index (χ0n) is 12.4. The molecule has 2 unspecified atom stereocenters. The van der Waals surface area contributed by atoms with Crippen molar-refractivity contribution in [1.29, 1.82) is 0 Å². The summed E-state index contributed by atoms with van der Waals surface area (Å²) in [7, 11) is 1.44. The first kappa shape index (κ1) is 16.0. The van der Waals surface area contributed by atoms with Crippen molar-refractivity contribution in [2.45, 2.75) is 32.5 Å². The van der Waals surface area contributed by atoms with Crippen molar-refractivity contribution in [2.75, 3.05) is 20.2 Å². The molecular formula is C15H22F2N2O2. The standard InChI is InChI=1S/C15H22F2N2O2/c1-10-5-6-19(9-12(10)18)8-11-3-4-13(21-15(16)17)14(7-11)20-2/h3-4,7,10,12,15H,5-6,8-9,18H2,1-2H3. The SMILES string of the molecule is COc1cc(CN2CCC(C)C(N)C2)ccc1OC(F)F. The van der Waals surface area contributed by atoms with Crippen LogP contribution in [0, 0.1) is 5.92 Å². The van der Waals surface area contributed by atoms with Crippen LogP contribution in [0.1, 0.15) is 18.9 Å². The number of hydrogen-bond acceptors (Lipinski definition) is 4. The molecule has 1 heterocycles. The predicted octanol–water partition coefficient (Wildman–Crippen LogP) is 2.47. The summed E-state index contributed by atoms with van der Waals surface area (Å²) in [6, 6.07) is 5.22. The van der Waals surface area contributed by atoms with Gasteiger partial charge in [-0.3, -0.25) is 4.90 Å². The molecule has 0 radical (unpaired) electrons. The van der Waals surface area contributed by atoms with Crippen LogP contribution >= 0.6 is 0 Å². The summed E-state index contributed by atoms with van der Waals surface area (Å²) in [5.74, 6) is 0.917. The first-order valence-electron chi connectivity index (χ1n) is 7.09. The fourth-order valence-electron chi connectivity index (χ4n) is 2.58. The smallest absolute Gasteiger partial charge is 0.387 e. The third kappa shape index (κ3) is 4.28. The van der Waals surface area contributed by atoms with Gasteiger partial charge >= 0.3 is 6.61 Å². The monoisotopic (exact) mass is 300 g/mol. The molecule has 0 aromatic heterocycles. The third-order valence-electron chi connectivity index (χ3n) is 3.95. The van der Waals surface area contributed by atoms with Gasteiger partial charge in [-0.05, 0) is 36.6 Å². The molecule has 1 aromatic rings. The van der Waals surface area contributed by atoms with E-state index >= 15 is 0 Å². The number of ether oxygens (including phenoxy) is 2. The third-order valence-corrected chi connectivity index (χ3v) is 3.95. The van der Waals surface area contributed by atoms with Crippen molar-refractivity contribution >= 4 is 0 Å². The van der Waals surface area contributed by atoms with E-state index in [1.54, 1.807) is 12.1 Å². The first-order chi connectivity index (χ1) is 9.99. The molecule has 0 spiro atoms. The van der Waals surface area contributed by atoms with Crippen LogP contribution in [-0.2, 0) is 6.54 Å². The molecule has 1 aromatic carbocycles. The lowest BCUT2D eigenvalue weighted by Crippen LogP contribution is -2.47. The van der Waals surface area contributed by atoms with Gasteiger partial charge < -0.3 is 15.2 Å². The van der Waals surface area contributed by atoms with E-state index in [1.807, 2.05) is 0 Å². The first-order valence-corrected chi connectivity index (χ1v) is 7.09. The van der Waals surface area contributed by atoms with E-state index in [0.717, 1.165) is 31.6 Å². The summed E-state index contributed by atoms with van der Waals surface area (Å²) < 4.78 is 34.1. The Kier molecular flexibility index (Phi) is 5.36. The molecule has 2 rings (SSSR count). The van der Waals surface area contributed by atoms with Gasteiger partial charge in [0, 0.05) is 19.1 Å². The summed E-state index contributed by atoms with van der Waals surface area (Å²) in [5, 5.41) is 0. The van der Waals surface area contributed by atoms with Gasteiger partial charge in [0.05, 0.1) is 7.11 Å². The number of rotatable bonds is 5. The van der Waals surface area contributed by atoms with Gasteiger partial charge in [-0.15, -0.1) is 0 Å². The maximum Gasteiger partial charge on any atom is 0.387 e. The molecule has 0 bridgehead atoms. The average molecular weight is 300 g/mol. The van der Waals surface area contributed by atoms with Gasteiger partial charge in [0.2, 0.25) is 0 Å². The van der Waals surface area contributed by atoms with Crippen LogP contribution in [0.3, 0.4) is 0 Å². The molecular weight excluding hydrogens is 278 g/mol. The van der Waals surface area contributed by atoms with Crippen LogP contribution in [0.4, 0.5) is 8.78 Å². The van der Waals surface area contributed by atoms with E-state index in [9.17, 15) is 8.78 Å². The molecule has 0 saturated carbocycles. The van der Waals surface area contributed by atoms with Gasteiger partial charge in [-0.25, -0.2) is 0 Å². The molecule has 1 aliphatic rings. The highest BCUT2D eigenvalue weighted by Crippen LogP contribution is 2.30. The average Bonchev–Trinajstić information content (AvgIpc) is 2.44. The van der Waals surface area contributed by atoms with E-state index in [2.05, 4.69) is 16.6 Å². The Morgan fingerprint density at radius 1 is 1.38 bits per heavy atom. The number of methoxy groups -OCH3 is 1. The molecule has 2 N–H and O–H groups in total. The molecule has 1 saturated heterocycles. The molecule has 1 fully saturated rings. The lowest BCUT2D eigenvalue weighted by Gasteiger charge is -2.35. The largest absolute Gasteiger partial charge is 0.493 e. The fraction of sp³-hybridized carbons (Fsp3) is 0.600. The molecule has 1 aliphatic heterocycles. The van der Waals surface area contributed by atoms with Crippen LogP contribution in [0.5, 0.6) is 11.5 Å². The topological polar surface area (TPSA) is 47.7 Å². The second-order valence-corrected chi connectivity index (χ2v) is 5.53. The van der Waals surface area contributed by atoms with E-state index < -0.39 is 6.61 Å². The quantitative estimate of drug-likeness (QED) is 0.907. The molecule has 0 amide bonds. The van der Waals surface area contributed by atoms with E-state index in [4.69, 9.17) is 10.5 Å². The Hall–Kier alpha value is -1.40. The number of likely N-dealkylation sites (tertiary alicyclic amines) is 1. The van der Waals surface area contributed by atoms with Crippen molar-refractivity contribution in [3.8, 4) is 11.5 Å². The molecule has 0 aliphatic carbocycles. The number of nitrogens with two attached hydrogens (primary N) is 1. The second-order valence-electron chi connectivity index (χ2n) is 5.53. The minimum absolute atomic E-state index is 0.0558. The van der Waals surface area contributed by atoms with Crippen molar-refractivity contribution < 1.29 is 18.3 Å². The second kappa shape index (κ2) is 7.04. The van der Waals surface area contributed by atoms with Gasteiger partial charge in [0.25, 0.3) is 0 Å². The van der Waals surface area contributed by atoms with Gasteiger partial charge in [-0.1, -0.05) is 13.0 Å². The molecule has 118 valence electrons. The number of benzene rings is 1. The predicted molar refractivity (Wildman–Crippen MR) is 76.7 cm³/mol. The molecule has 4 nitrogen and oxygen atoms in total. The Bertz CT molecular complexity index is 471. The number of halogens is 2. The highest BCUT2D eigenvalue weighted by Gasteiger charge is 2.23. The van der Waals surface area contributed by atoms with E-state index in [-0.39, 0.29) is 11.8 Å². The highest BCUT2D eigenvalue weighted by atomic mass is 19.3. The van der Waals surface area contributed by atoms with Crippen LogP contribution in [0.15, 0.2) is 18.2 Å². The van der Waals surface area contributed by atoms with Crippen LogP contribution < -0.4 is 15.2 Å². The molecule has 2 atom stereocenters. The minimum atomic E-state index is -2.86. The maximum atomic E-state index is 12.3. The Balaban J connectivity index is 2.04. The fourth-order valence-corrected chi connectivity index (χ4v) is 2.58. The summed E-state index contributed by atoms with van der Waals surface area (Å²) in [6.07, 6.45) is 1.07. The Morgan fingerprint density at radius 3 is 2.76 bits per heavy atom. The summed E-state index contributed by atoms with van der Waals surface area (Å²) in [6.45, 7) is 1.88. The number of nitrogens with zero attached hydrogens (tertiary/aromatic N) is 1. The Labute approximate surface area is 123 Å². The number of piperidine rings is 1. The normalized spacial score (nSPS) is 23.3. The number of hydrogen-bond donors (Lipinski definition) is 1. The molecule has 21 heavy (non-hydrogen) atoms. The summed E-state index contributed by atoms with van der Waals surface area (Å²) in [5.41, 5.74) is 7.08. The van der Waals surface area contributed by atoms with Crippen molar-refractivity contribution in [3.05, 3.63) is 23.8 Å². The zero-order chi connectivity index (χ0) is 15.4. The molecule has 6 heteroatoms. The van der Waals surface area contributed by atoms with Crippen molar-refractivity contribution in [3.63, 3.8) is 0 Å². The van der Waals surface area contributed by atoms with Gasteiger partial charge in [0.15, 0.2) is 11.5 Å². The Morgan fingerprint density at radius 2 is 2.14 bits per heavy atom. The minimum Gasteiger partial charge on any atom is -0.493 e. The van der Waals surface area contributed by atoms with E-state index in [1.165, 1.54) is 13.2 Å². The van der Waals surface area contributed by atoms with Crippen LogP contribution in [-0.4, -0.2) is 37.8 Å². The van der Waals surface area contributed by atoms with Gasteiger partial charge in [-0.2, -0.15) is 8.78 Å². The van der Waals surface area contributed by atoms with Crippen molar-refractivity contribution in [1.82, 2.24) is 4.90 Å². The lowest BCUT2D eigenvalue weighted by atomic mass is 9.94. The lowest BCUT2D eigenvalue weighted by molar-refractivity contribution is -0.0512. The van der Waals surface area contributed by atoms with Crippen LogP contribution in [0.25, 0.3) is 0 Å². The zero-order valence-corrected chi connectivity index (χ0v) is 12.4. The maximum absolute atomic E-state index is 12.3. The summed E-state index contributed by atoms with van der Waals surface area (Å²) in [4.78, 5) is 2.27. The van der Waals surface area contributed by atoms with Gasteiger partial charge in [0.1, 0.15) is 0 Å². The van der Waals surface area contributed by atoms with Crippen LogP contribution in [0.2, 0.25) is 0 Å². The summed E-state index contributed by atoms with van der Waals surface area (Å²) >= 11 is 0. The highest BCUT2D eigenvalue weighted by molar-refractivity contribution is 5.43. The van der Waals surface area contributed by atoms with Crippen molar-refractivity contribution in [2.24, 2.45) is 11.7 Å². The number of alkyl halides is 2.